The number of hydrogen-bond acceptors (Lipinski definition) is 3. The summed E-state index contributed by atoms with van der Waals surface area (Å²) in [5.41, 5.74) is 5.56. The molecular formula is C10H22N2O2S. The van der Waals surface area contributed by atoms with E-state index >= 15 is 0 Å². The Morgan fingerprint density at radius 3 is 2.33 bits per heavy atom. The van der Waals surface area contributed by atoms with Crippen molar-refractivity contribution in [2.75, 3.05) is 12.3 Å². The molecule has 0 rings (SSSR count). The largest absolute Gasteiger partial charge is 0.324 e. The van der Waals surface area contributed by atoms with Gasteiger partial charge in [-0.2, -0.15) is 0 Å². The first-order valence-electron chi connectivity index (χ1n) is 5.26. The van der Waals surface area contributed by atoms with Crippen LogP contribution in [0.15, 0.2) is 12.7 Å². The molecule has 0 radical (unpaired) electrons. The van der Waals surface area contributed by atoms with Crippen molar-refractivity contribution >= 4 is 10.0 Å². The van der Waals surface area contributed by atoms with Gasteiger partial charge in [0.25, 0.3) is 0 Å². The van der Waals surface area contributed by atoms with Gasteiger partial charge in [-0.25, -0.2) is 13.1 Å². The van der Waals surface area contributed by atoms with E-state index < -0.39 is 15.6 Å². The van der Waals surface area contributed by atoms with E-state index in [4.69, 9.17) is 5.73 Å². The van der Waals surface area contributed by atoms with E-state index in [1.165, 1.54) is 0 Å². The zero-order valence-corrected chi connectivity index (χ0v) is 10.4. The molecule has 0 aromatic rings. The Morgan fingerprint density at radius 2 is 1.93 bits per heavy atom. The molecule has 0 atom stereocenters. The average molecular weight is 234 g/mol. The highest BCUT2D eigenvalue weighted by Crippen LogP contribution is 2.09. The number of nitrogens with one attached hydrogen (secondary N) is 1. The molecule has 0 fully saturated rings. The molecule has 0 aliphatic rings. The standard InChI is InChI=1S/C10H22N2O2S/c1-4-7-8-15(13,14)12-9-10(11,5-2)6-3/h4,12H,1,5-9,11H2,2-3H3. The third kappa shape index (κ3) is 5.92. The van der Waals surface area contributed by atoms with Crippen LogP contribution in [0.1, 0.15) is 33.1 Å². The molecule has 15 heavy (non-hydrogen) atoms. The summed E-state index contributed by atoms with van der Waals surface area (Å²) in [7, 11) is -3.20. The first-order valence-corrected chi connectivity index (χ1v) is 6.91. The summed E-state index contributed by atoms with van der Waals surface area (Å²) in [4.78, 5) is 0. The van der Waals surface area contributed by atoms with Gasteiger partial charge in [-0.05, 0) is 19.3 Å². The van der Waals surface area contributed by atoms with Crippen molar-refractivity contribution in [2.24, 2.45) is 5.73 Å². The van der Waals surface area contributed by atoms with E-state index in [0.717, 1.165) is 12.8 Å². The van der Waals surface area contributed by atoms with Gasteiger partial charge >= 0.3 is 0 Å². The molecule has 0 saturated heterocycles. The summed E-state index contributed by atoms with van der Waals surface area (Å²) in [5.74, 6) is 0.0833. The van der Waals surface area contributed by atoms with Crippen molar-refractivity contribution < 1.29 is 8.42 Å². The molecule has 0 bridgehead atoms. The van der Waals surface area contributed by atoms with Gasteiger partial charge in [-0.1, -0.05) is 19.9 Å². The van der Waals surface area contributed by atoms with Crippen LogP contribution < -0.4 is 10.5 Å². The van der Waals surface area contributed by atoms with Crippen LogP contribution in [0.2, 0.25) is 0 Å². The van der Waals surface area contributed by atoms with Gasteiger partial charge in [-0.3, -0.25) is 0 Å². The topological polar surface area (TPSA) is 72.2 Å². The van der Waals surface area contributed by atoms with E-state index in [-0.39, 0.29) is 5.75 Å². The first kappa shape index (κ1) is 14.6. The van der Waals surface area contributed by atoms with Crippen molar-refractivity contribution in [1.82, 2.24) is 4.72 Å². The maximum absolute atomic E-state index is 11.5. The highest BCUT2D eigenvalue weighted by Gasteiger charge is 2.22. The normalized spacial score (nSPS) is 12.7. The lowest BCUT2D eigenvalue weighted by molar-refractivity contribution is 0.392. The van der Waals surface area contributed by atoms with Crippen LogP contribution in [0.5, 0.6) is 0 Å². The zero-order chi connectivity index (χ0) is 11.9. The molecule has 5 heteroatoms. The van der Waals surface area contributed by atoms with E-state index in [1.807, 2.05) is 13.8 Å². The monoisotopic (exact) mass is 234 g/mol. The number of allylic oxidation sites excluding steroid dienone is 1. The van der Waals surface area contributed by atoms with E-state index in [0.29, 0.717) is 13.0 Å². The van der Waals surface area contributed by atoms with Gasteiger partial charge < -0.3 is 5.73 Å². The van der Waals surface area contributed by atoms with Gasteiger partial charge in [0.15, 0.2) is 0 Å². The zero-order valence-electron chi connectivity index (χ0n) is 9.62. The Kier molecular flexibility index (Phi) is 6.09. The fourth-order valence-corrected chi connectivity index (χ4v) is 2.19. The number of hydrogen-bond donors (Lipinski definition) is 2. The van der Waals surface area contributed by atoms with E-state index in [1.54, 1.807) is 6.08 Å². The molecule has 0 aliphatic heterocycles. The predicted octanol–water partition coefficient (Wildman–Crippen LogP) is 0.999. The van der Waals surface area contributed by atoms with Crippen LogP contribution in [0.3, 0.4) is 0 Å². The van der Waals surface area contributed by atoms with E-state index in [2.05, 4.69) is 11.3 Å². The third-order valence-corrected chi connectivity index (χ3v) is 4.00. The summed E-state index contributed by atoms with van der Waals surface area (Å²) in [6.45, 7) is 7.71. The SMILES string of the molecule is C=CCCS(=O)(=O)NCC(N)(CC)CC. The Balaban J connectivity index is 4.19. The molecule has 0 aromatic heterocycles. The van der Waals surface area contributed by atoms with Crippen molar-refractivity contribution in [3.63, 3.8) is 0 Å². The second-order valence-corrected chi connectivity index (χ2v) is 5.71. The second-order valence-electron chi connectivity index (χ2n) is 3.79. The number of sulfonamides is 1. The summed E-state index contributed by atoms with van der Waals surface area (Å²) < 4.78 is 25.4. The third-order valence-electron chi connectivity index (χ3n) is 2.64. The van der Waals surface area contributed by atoms with E-state index in [9.17, 15) is 8.42 Å². The van der Waals surface area contributed by atoms with Gasteiger partial charge in [0.05, 0.1) is 5.75 Å². The van der Waals surface area contributed by atoms with Gasteiger partial charge in [0.2, 0.25) is 10.0 Å². The fraction of sp³-hybridized carbons (Fsp3) is 0.800. The van der Waals surface area contributed by atoms with Crippen LogP contribution in [0, 0.1) is 0 Å². The fourth-order valence-electron chi connectivity index (χ4n) is 1.06. The minimum Gasteiger partial charge on any atom is -0.324 e. The Hall–Kier alpha value is -0.390. The summed E-state index contributed by atoms with van der Waals surface area (Å²) in [6, 6.07) is 0. The first-order chi connectivity index (χ1) is 6.89. The lowest BCUT2D eigenvalue weighted by Gasteiger charge is -2.26. The van der Waals surface area contributed by atoms with Crippen LogP contribution in [0.4, 0.5) is 0 Å². The van der Waals surface area contributed by atoms with Crippen LogP contribution >= 0.6 is 0 Å². The molecule has 0 unspecified atom stereocenters. The van der Waals surface area contributed by atoms with Crippen molar-refractivity contribution in [2.45, 2.75) is 38.6 Å². The molecule has 0 saturated carbocycles. The number of nitrogens with two attached hydrogens (primary N) is 1. The molecule has 3 N–H and O–H groups in total. The Bertz CT molecular complexity index is 282. The maximum atomic E-state index is 11.5. The molecular weight excluding hydrogens is 212 g/mol. The highest BCUT2D eigenvalue weighted by atomic mass is 32.2. The van der Waals surface area contributed by atoms with Gasteiger partial charge in [0, 0.05) is 12.1 Å². The average Bonchev–Trinajstić information content (AvgIpc) is 2.23. The second kappa shape index (κ2) is 6.25. The summed E-state index contributed by atoms with van der Waals surface area (Å²) in [5, 5.41) is 0. The summed E-state index contributed by atoms with van der Waals surface area (Å²) >= 11 is 0. The van der Waals surface area contributed by atoms with Gasteiger partial charge in [0.1, 0.15) is 0 Å². The molecule has 0 heterocycles. The molecule has 0 aromatic carbocycles. The summed E-state index contributed by atoms with van der Waals surface area (Å²) in [6.07, 6.45) is 3.57. The lowest BCUT2D eigenvalue weighted by Crippen LogP contribution is -2.49. The van der Waals surface area contributed by atoms with Crippen molar-refractivity contribution in [1.29, 1.82) is 0 Å². The highest BCUT2D eigenvalue weighted by molar-refractivity contribution is 7.89. The molecule has 4 nitrogen and oxygen atoms in total. The van der Waals surface area contributed by atoms with Crippen molar-refractivity contribution in [3.05, 3.63) is 12.7 Å². The van der Waals surface area contributed by atoms with Crippen LogP contribution in [-0.4, -0.2) is 26.3 Å². The molecule has 90 valence electrons. The minimum atomic E-state index is -3.20. The Morgan fingerprint density at radius 1 is 1.40 bits per heavy atom. The quantitative estimate of drug-likeness (QED) is 0.615. The smallest absolute Gasteiger partial charge is 0.211 e. The number of rotatable bonds is 8. The van der Waals surface area contributed by atoms with Crippen LogP contribution in [0.25, 0.3) is 0 Å². The Labute approximate surface area is 93.0 Å². The predicted molar refractivity (Wildman–Crippen MR) is 64.1 cm³/mol. The van der Waals surface area contributed by atoms with Gasteiger partial charge in [-0.15, -0.1) is 6.58 Å². The maximum Gasteiger partial charge on any atom is 0.211 e. The molecule has 0 aliphatic carbocycles. The minimum absolute atomic E-state index is 0.0833. The lowest BCUT2D eigenvalue weighted by atomic mass is 9.95. The molecule has 0 amide bonds. The van der Waals surface area contributed by atoms with Crippen LogP contribution in [-0.2, 0) is 10.0 Å². The van der Waals surface area contributed by atoms with Crippen molar-refractivity contribution in [3.8, 4) is 0 Å². The molecule has 0 spiro atoms.